The van der Waals surface area contributed by atoms with Crippen LogP contribution in [0, 0.1) is 0 Å². The zero-order valence-electron chi connectivity index (χ0n) is 13.3. The Kier molecular flexibility index (Phi) is 5.17. The summed E-state index contributed by atoms with van der Waals surface area (Å²) in [5.74, 6) is 0.716. The summed E-state index contributed by atoms with van der Waals surface area (Å²) in [6, 6.07) is 17.4. The number of hydrogen-bond acceptors (Lipinski definition) is 1. The van der Waals surface area contributed by atoms with Crippen LogP contribution in [0.25, 0.3) is 0 Å². The molecule has 1 aliphatic heterocycles. The number of aryl methyl sites for hydroxylation is 1. The molecule has 0 aromatic heterocycles. The first-order valence-electron chi connectivity index (χ1n) is 8.31. The van der Waals surface area contributed by atoms with Gasteiger partial charge >= 0.3 is 0 Å². The Morgan fingerprint density at radius 1 is 1.00 bits per heavy atom. The quantitative estimate of drug-likeness (QED) is 0.742. The van der Waals surface area contributed by atoms with E-state index in [4.69, 9.17) is 11.6 Å². The first-order valence-corrected chi connectivity index (χ1v) is 8.68. The van der Waals surface area contributed by atoms with Crippen LogP contribution >= 0.6 is 11.6 Å². The smallest absolute Gasteiger partial charge is 0.0451 e. The zero-order chi connectivity index (χ0) is 15.4. The molecule has 0 unspecified atom stereocenters. The van der Waals surface area contributed by atoms with Gasteiger partial charge < -0.3 is 0 Å². The fourth-order valence-corrected chi connectivity index (χ4v) is 3.51. The minimum atomic E-state index is 0.716. The maximum atomic E-state index is 6.27. The van der Waals surface area contributed by atoms with Crippen molar-refractivity contribution < 1.29 is 0 Å². The average Bonchev–Trinajstić information content (AvgIpc) is 2.58. The third kappa shape index (κ3) is 3.71. The number of hydrogen-bond donors (Lipinski definition) is 0. The van der Waals surface area contributed by atoms with E-state index in [0.717, 1.165) is 31.1 Å². The highest BCUT2D eigenvalue weighted by Gasteiger charge is 2.20. The molecule has 1 aliphatic rings. The molecule has 0 saturated carbocycles. The molecule has 2 aromatic carbocycles. The van der Waals surface area contributed by atoms with Crippen molar-refractivity contribution in [3.05, 3.63) is 70.2 Å². The van der Waals surface area contributed by atoms with Gasteiger partial charge in [-0.2, -0.15) is 0 Å². The number of halogens is 1. The second-order valence-electron chi connectivity index (χ2n) is 6.24. The van der Waals surface area contributed by atoms with Gasteiger partial charge in [0.25, 0.3) is 0 Å². The van der Waals surface area contributed by atoms with Crippen molar-refractivity contribution in [2.45, 2.75) is 38.6 Å². The van der Waals surface area contributed by atoms with E-state index in [1.54, 1.807) is 0 Å². The Balaban J connectivity index is 1.57. The fourth-order valence-electron chi connectivity index (χ4n) is 3.32. The van der Waals surface area contributed by atoms with Crippen LogP contribution in [0.15, 0.2) is 48.5 Å². The zero-order valence-corrected chi connectivity index (χ0v) is 14.0. The minimum absolute atomic E-state index is 0.716. The molecule has 0 aliphatic carbocycles. The van der Waals surface area contributed by atoms with E-state index in [0.29, 0.717) is 5.92 Å². The summed E-state index contributed by atoms with van der Waals surface area (Å²) in [7, 11) is 0. The largest absolute Gasteiger partial charge is 0.299 e. The number of benzene rings is 2. The maximum absolute atomic E-state index is 6.27. The topological polar surface area (TPSA) is 3.24 Å². The van der Waals surface area contributed by atoms with Gasteiger partial charge in [-0.25, -0.2) is 0 Å². The summed E-state index contributed by atoms with van der Waals surface area (Å²) in [5.41, 5.74) is 4.18. The molecule has 0 spiro atoms. The Morgan fingerprint density at radius 2 is 1.68 bits per heavy atom. The van der Waals surface area contributed by atoms with Crippen LogP contribution in [-0.2, 0) is 13.0 Å². The van der Waals surface area contributed by atoms with E-state index in [2.05, 4.69) is 48.2 Å². The molecular weight excluding hydrogens is 290 g/mol. The summed E-state index contributed by atoms with van der Waals surface area (Å²) >= 11 is 6.27. The lowest BCUT2D eigenvalue weighted by atomic mass is 9.88. The third-order valence-corrected chi connectivity index (χ3v) is 5.17. The monoisotopic (exact) mass is 313 g/mol. The van der Waals surface area contributed by atoms with Gasteiger partial charge in [-0.1, -0.05) is 61.0 Å². The molecule has 0 radical (unpaired) electrons. The van der Waals surface area contributed by atoms with Gasteiger partial charge in [-0.3, -0.25) is 4.90 Å². The SMILES string of the molecule is CCc1ccc(C2CCN(Cc3ccccc3Cl)CC2)cc1. The summed E-state index contributed by atoms with van der Waals surface area (Å²) in [4.78, 5) is 2.53. The molecule has 0 bridgehead atoms. The van der Waals surface area contributed by atoms with Crippen molar-refractivity contribution in [1.82, 2.24) is 4.90 Å². The molecule has 1 nitrogen and oxygen atoms in total. The molecule has 2 aromatic rings. The van der Waals surface area contributed by atoms with E-state index in [9.17, 15) is 0 Å². The molecule has 0 N–H and O–H groups in total. The van der Waals surface area contributed by atoms with Crippen LogP contribution in [0.3, 0.4) is 0 Å². The van der Waals surface area contributed by atoms with Crippen LogP contribution in [0.2, 0.25) is 5.02 Å². The first kappa shape index (κ1) is 15.6. The molecule has 3 rings (SSSR count). The van der Waals surface area contributed by atoms with Crippen molar-refractivity contribution >= 4 is 11.6 Å². The fraction of sp³-hybridized carbons (Fsp3) is 0.400. The Labute approximate surface area is 138 Å². The molecule has 22 heavy (non-hydrogen) atoms. The highest BCUT2D eigenvalue weighted by Crippen LogP contribution is 2.29. The van der Waals surface area contributed by atoms with Crippen molar-refractivity contribution in [2.24, 2.45) is 0 Å². The lowest BCUT2D eigenvalue weighted by Crippen LogP contribution is -2.32. The van der Waals surface area contributed by atoms with Crippen LogP contribution in [0.4, 0.5) is 0 Å². The molecule has 1 fully saturated rings. The van der Waals surface area contributed by atoms with Crippen molar-refractivity contribution in [2.75, 3.05) is 13.1 Å². The number of nitrogens with zero attached hydrogens (tertiary/aromatic N) is 1. The maximum Gasteiger partial charge on any atom is 0.0451 e. The van der Waals surface area contributed by atoms with Gasteiger partial charge in [0.05, 0.1) is 0 Å². The summed E-state index contributed by atoms with van der Waals surface area (Å²) in [6.07, 6.45) is 3.61. The lowest BCUT2D eigenvalue weighted by molar-refractivity contribution is 0.204. The Bertz CT molecular complexity index is 597. The third-order valence-electron chi connectivity index (χ3n) is 4.80. The van der Waals surface area contributed by atoms with E-state index < -0.39 is 0 Å². The van der Waals surface area contributed by atoms with E-state index in [1.165, 1.54) is 29.5 Å². The van der Waals surface area contributed by atoms with Gasteiger partial charge in [-0.05, 0) is 61.0 Å². The predicted octanol–water partition coefficient (Wildman–Crippen LogP) is 5.28. The van der Waals surface area contributed by atoms with E-state index in [1.807, 2.05) is 12.1 Å². The first-order chi connectivity index (χ1) is 10.8. The highest BCUT2D eigenvalue weighted by atomic mass is 35.5. The molecule has 2 heteroatoms. The molecular formula is C20H24ClN. The minimum Gasteiger partial charge on any atom is -0.299 e. The standard InChI is InChI=1S/C20H24ClN/c1-2-16-7-9-17(10-8-16)18-11-13-22(14-12-18)15-19-5-3-4-6-20(19)21/h3-10,18H,2,11-15H2,1H3. The summed E-state index contributed by atoms with van der Waals surface area (Å²) in [6.45, 7) is 5.50. The van der Waals surface area contributed by atoms with Crippen molar-refractivity contribution in [1.29, 1.82) is 0 Å². The van der Waals surface area contributed by atoms with Crippen LogP contribution < -0.4 is 0 Å². The van der Waals surface area contributed by atoms with Gasteiger partial charge in [0.15, 0.2) is 0 Å². The lowest BCUT2D eigenvalue weighted by Gasteiger charge is -2.32. The van der Waals surface area contributed by atoms with E-state index >= 15 is 0 Å². The molecule has 0 amide bonds. The normalized spacial score (nSPS) is 16.8. The predicted molar refractivity (Wildman–Crippen MR) is 94.5 cm³/mol. The second-order valence-corrected chi connectivity index (χ2v) is 6.64. The molecule has 1 saturated heterocycles. The summed E-state index contributed by atoms with van der Waals surface area (Å²) in [5, 5.41) is 0.889. The van der Waals surface area contributed by atoms with Crippen LogP contribution in [0.1, 0.15) is 42.4 Å². The molecule has 116 valence electrons. The van der Waals surface area contributed by atoms with Gasteiger partial charge in [-0.15, -0.1) is 0 Å². The molecule has 1 heterocycles. The average molecular weight is 314 g/mol. The van der Waals surface area contributed by atoms with E-state index in [-0.39, 0.29) is 0 Å². The Hall–Kier alpha value is -1.31. The van der Waals surface area contributed by atoms with Crippen LogP contribution in [-0.4, -0.2) is 18.0 Å². The van der Waals surface area contributed by atoms with Crippen molar-refractivity contribution in [3.63, 3.8) is 0 Å². The number of piperidine rings is 1. The highest BCUT2D eigenvalue weighted by molar-refractivity contribution is 6.31. The Morgan fingerprint density at radius 3 is 2.32 bits per heavy atom. The number of rotatable bonds is 4. The number of likely N-dealkylation sites (tertiary alicyclic amines) is 1. The van der Waals surface area contributed by atoms with Gasteiger partial charge in [0, 0.05) is 11.6 Å². The van der Waals surface area contributed by atoms with Gasteiger partial charge in [0.2, 0.25) is 0 Å². The van der Waals surface area contributed by atoms with Gasteiger partial charge in [0.1, 0.15) is 0 Å². The van der Waals surface area contributed by atoms with Crippen LogP contribution in [0.5, 0.6) is 0 Å². The van der Waals surface area contributed by atoms with Crippen molar-refractivity contribution in [3.8, 4) is 0 Å². The summed E-state index contributed by atoms with van der Waals surface area (Å²) < 4.78 is 0. The molecule has 0 atom stereocenters. The second kappa shape index (κ2) is 7.30.